The number of rotatable bonds is 7. The maximum Gasteiger partial charge on any atom is 0.0705 e. The highest BCUT2D eigenvalue weighted by atomic mass is 16.5. The molecule has 0 aliphatic rings. The highest BCUT2D eigenvalue weighted by Gasteiger charge is 2.10. The van der Waals surface area contributed by atoms with Crippen molar-refractivity contribution < 1.29 is 4.74 Å². The van der Waals surface area contributed by atoms with Crippen LogP contribution in [0.25, 0.3) is 21.8 Å². The molecule has 0 fully saturated rings. The predicted molar refractivity (Wildman–Crippen MR) is 109 cm³/mol. The van der Waals surface area contributed by atoms with Crippen LogP contribution in [0.3, 0.4) is 0 Å². The van der Waals surface area contributed by atoms with Gasteiger partial charge in [-0.2, -0.15) is 0 Å². The Bertz CT molecular complexity index is 966. The third kappa shape index (κ3) is 4.30. The molecule has 0 saturated carbocycles. The summed E-state index contributed by atoms with van der Waals surface area (Å²) in [7, 11) is 1.74. The molecular formula is C23H23N3O. The van der Waals surface area contributed by atoms with E-state index in [2.05, 4.69) is 53.4 Å². The van der Waals surface area contributed by atoms with Crippen molar-refractivity contribution in [3.63, 3.8) is 0 Å². The summed E-state index contributed by atoms with van der Waals surface area (Å²) in [5, 5.41) is 2.33. The van der Waals surface area contributed by atoms with Crippen molar-refractivity contribution in [3.8, 4) is 0 Å². The molecule has 0 N–H and O–H groups in total. The number of hydrogen-bond acceptors (Lipinski definition) is 4. The first-order valence-corrected chi connectivity index (χ1v) is 9.22. The minimum absolute atomic E-state index is 0.682. The lowest BCUT2D eigenvalue weighted by atomic mass is 10.2. The Kier molecular flexibility index (Phi) is 5.37. The maximum atomic E-state index is 5.31. The molecule has 27 heavy (non-hydrogen) atoms. The second kappa shape index (κ2) is 8.25. The SMILES string of the molecule is COCCN(Cc1ccc2ccccc2n1)Cc1ccc2ccccc2n1. The van der Waals surface area contributed by atoms with E-state index in [1.54, 1.807) is 7.11 Å². The van der Waals surface area contributed by atoms with Crippen molar-refractivity contribution in [3.05, 3.63) is 84.2 Å². The zero-order valence-electron chi connectivity index (χ0n) is 15.5. The van der Waals surface area contributed by atoms with Gasteiger partial charge in [-0.1, -0.05) is 48.5 Å². The van der Waals surface area contributed by atoms with E-state index >= 15 is 0 Å². The topological polar surface area (TPSA) is 38.2 Å². The molecule has 0 aliphatic carbocycles. The molecule has 4 aromatic rings. The lowest BCUT2D eigenvalue weighted by molar-refractivity contribution is 0.138. The zero-order chi connectivity index (χ0) is 18.5. The summed E-state index contributed by atoms with van der Waals surface area (Å²) in [6.07, 6.45) is 0. The average Bonchev–Trinajstić information content (AvgIpc) is 2.72. The highest BCUT2D eigenvalue weighted by Crippen LogP contribution is 2.16. The summed E-state index contributed by atoms with van der Waals surface area (Å²) in [6, 6.07) is 24.9. The highest BCUT2D eigenvalue weighted by molar-refractivity contribution is 5.79. The quantitative estimate of drug-likeness (QED) is 0.490. The second-order valence-electron chi connectivity index (χ2n) is 6.69. The van der Waals surface area contributed by atoms with Crippen molar-refractivity contribution in [1.82, 2.24) is 14.9 Å². The number of aromatic nitrogens is 2. The molecule has 4 rings (SSSR count). The molecule has 136 valence electrons. The Morgan fingerprint density at radius 1 is 0.704 bits per heavy atom. The number of pyridine rings is 2. The first kappa shape index (κ1) is 17.6. The summed E-state index contributed by atoms with van der Waals surface area (Å²) in [4.78, 5) is 12.0. The van der Waals surface area contributed by atoms with E-state index in [1.165, 1.54) is 10.8 Å². The smallest absolute Gasteiger partial charge is 0.0705 e. The Morgan fingerprint density at radius 2 is 1.22 bits per heavy atom. The van der Waals surface area contributed by atoms with Gasteiger partial charge >= 0.3 is 0 Å². The molecule has 2 aromatic heterocycles. The summed E-state index contributed by atoms with van der Waals surface area (Å²) < 4.78 is 5.31. The largest absolute Gasteiger partial charge is 0.383 e. The van der Waals surface area contributed by atoms with Crippen molar-refractivity contribution in [1.29, 1.82) is 0 Å². The van der Waals surface area contributed by atoms with Gasteiger partial charge in [-0.25, -0.2) is 0 Å². The van der Waals surface area contributed by atoms with E-state index in [1.807, 2.05) is 24.3 Å². The van der Waals surface area contributed by atoms with Crippen molar-refractivity contribution in [2.75, 3.05) is 20.3 Å². The number of ether oxygens (including phenoxy) is 1. The summed E-state index contributed by atoms with van der Waals surface area (Å²) in [5.41, 5.74) is 4.19. The van der Waals surface area contributed by atoms with Crippen LogP contribution in [0.1, 0.15) is 11.4 Å². The van der Waals surface area contributed by atoms with Crippen LogP contribution in [0.2, 0.25) is 0 Å². The molecule has 0 aliphatic heterocycles. The van der Waals surface area contributed by atoms with Gasteiger partial charge in [0, 0.05) is 37.5 Å². The van der Waals surface area contributed by atoms with E-state index in [0.717, 1.165) is 42.1 Å². The van der Waals surface area contributed by atoms with Gasteiger partial charge in [0.15, 0.2) is 0 Å². The molecule has 2 heterocycles. The number of hydrogen-bond donors (Lipinski definition) is 0. The van der Waals surface area contributed by atoms with Gasteiger partial charge in [-0.3, -0.25) is 14.9 Å². The minimum atomic E-state index is 0.682. The molecule has 4 heteroatoms. The first-order chi connectivity index (χ1) is 13.3. The van der Waals surface area contributed by atoms with Gasteiger partial charge in [0.1, 0.15) is 0 Å². The number of para-hydroxylation sites is 2. The molecule has 2 aromatic carbocycles. The van der Waals surface area contributed by atoms with Crippen molar-refractivity contribution >= 4 is 21.8 Å². The van der Waals surface area contributed by atoms with Crippen molar-refractivity contribution in [2.24, 2.45) is 0 Å². The predicted octanol–water partition coefficient (Wildman–Crippen LogP) is 4.43. The summed E-state index contributed by atoms with van der Waals surface area (Å²) >= 11 is 0. The van der Waals surface area contributed by atoms with Crippen molar-refractivity contribution in [2.45, 2.75) is 13.1 Å². The molecular weight excluding hydrogens is 334 g/mol. The van der Waals surface area contributed by atoms with E-state index in [0.29, 0.717) is 6.61 Å². The molecule has 0 unspecified atom stereocenters. The Hall–Kier alpha value is -2.82. The van der Waals surface area contributed by atoms with Crippen LogP contribution in [0, 0.1) is 0 Å². The van der Waals surface area contributed by atoms with Gasteiger partial charge in [-0.15, -0.1) is 0 Å². The standard InChI is InChI=1S/C23H23N3O/c1-27-15-14-26(16-20-12-10-18-6-2-4-8-22(18)24-20)17-21-13-11-19-7-3-5-9-23(19)25-21/h2-13H,14-17H2,1H3. The van der Waals surface area contributed by atoms with E-state index in [4.69, 9.17) is 14.7 Å². The van der Waals surface area contributed by atoms with Gasteiger partial charge < -0.3 is 4.74 Å². The second-order valence-corrected chi connectivity index (χ2v) is 6.69. The number of methoxy groups -OCH3 is 1. The zero-order valence-corrected chi connectivity index (χ0v) is 15.5. The van der Waals surface area contributed by atoms with Crippen LogP contribution in [0.5, 0.6) is 0 Å². The van der Waals surface area contributed by atoms with Crippen LogP contribution in [0.15, 0.2) is 72.8 Å². The minimum Gasteiger partial charge on any atom is -0.383 e. The lowest BCUT2D eigenvalue weighted by Gasteiger charge is -2.21. The fraction of sp³-hybridized carbons (Fsp3) is 0.217. The molecule has 0 radical (unpaired) electrons. The fourth-order valence-electron chi connectivity index (χ4n) is 3.29. The van der Waals surface area contributed by atoms with Gasteiger partial charge in [0.05, 0.1) is 29.0 Å². The van der Waals surface area contributed by atoms with Crippen LogP contribution in [-0.4, -0.2) is 35.1 Å². The molecule has 0 saturated heterocycles. The fourth-order valence-corrected chi connectivity index (χ4v) is 3.29. The number of nitrogens with zero attached hydrogens (tertiary/aromatic N) is 3. The van der Waals surface area contributed by atoms with E-state index in [9.17, 15) is 0 Å². The lowest BCUT2D eigenvalue weighted by Crippen LogP contribution is -2.27. The molecule has 0 spiro atoms. The Labute approximate surface area is 159 Å². The molecule has 0 atom stereocenters. The molecule has 0 amide bonds. The van der Waals surface area contributed by atoms with Crippen LogP contribution in [-0.2, 0) is 17.8 Å². The number of benzene rings is 2. The maximum absolute atomic E-state index is 5.31. The van der Waals surface area contributed by atoms with Crippen LogP contribution >= 0.6 is 0 Å². The normalized spacial score (nSPS) is 11.5. The Morgan fingerprint density at radius 3 is 1.74 bits per heavy atom. The van der Waals surface area contributed by atoms with Gasteiger partial charge in [-0.05, 0) is 24.3 Å². The molecule has 0 bridgehead atoms. The molecule has 4 nitrogen and oxygen atoms in total. The summed E-state index contributed by atoms with van der Waals surface area (Å²) in [5.74, 6) is 0. The Balaban J connectivity index is 1.55. The first-order valence-electron chi connectivity index (χ1n) is 9.22. The summed E-state index contributed by atoms with van der Waals surface area (Å²) in [6.45, 7) is 3.05. The number of fused-ring (bicyclic) bond motifs is 2. The third-order valence-corrected chi connectivity index (χ3v) is 4.70. The van der Waals surface area contributed by atoms with E-state index < -0.39 is 0 Å². The monoisotopic (exact) mass is 357 g/mol. The van der Waals surface area contributed by atoms with Gasteiger partial charge in [0.2, 0.25) is 0 Å². The average molecular weight is 357 g/mol. The van der Waals surface area contributed by atoms with Gasteiger partial charge in [0.25, 0.3) is 0 Å². The third-order valence-electron chi connectivity index (χ3n) is 4.70. The van der Waals surface area contributed by atoms with Crippen LogP contribution < -0.4 is 0 Å². The van der Waals surface area contributed by atoms with E-state index in [-0.39, 0.29) is 0 Å². The van der Waals surface area contributed by atoms with Crippen LogP contribution in [0.4, 0.5) is 0 Å².